The summed E-state index contributed by atoms with van der Waals surface area (Å²) in [5, 5.41) is 10.1. The monoisotopic (exact) mass is 222 g/mol. The highest BCUT2D eigenvalue weighted by Gasteiger charge is 2.25. The standard InChI is InChI=1S/C14H22O2/c1-10(2)14(5,15)9-16-13-7-6-11(3)12(4)8-13/h6-8,10,15H,9H2,1-5H3. The molecule has 0 aromatic heterocycles. The van der Waals surface area contributed by atoms with Crippen molar-refractivity contribution in [1.29, 1.82) is 0 Å². The Morgan fingerprint density at radius 2 is 1.88 bits per heavy atom. The molecular weight excluding hydrogens is 200 g/mol. The molecule has 90 valence electrons. The lowest BCUT2D eigenvalue weighted by atomic mass is 9.94. The molecule has 16 heavy (non-hydrogen) atoms. The van der Waals surface area contributed by atoms with Crippen LogP contribution < -0.4 is 4.74 Å². The van der Waals surface area contributed by atoms with Crippen LogP contribution >= 0.6 is 0 Å². The number of hydrogen-bond donors (Lipinski definition) is 1. The quantitative estimate of drug-likeness (QED) is 0.848. The molecular formula is C14H22O2. The Kier molecular flexibility index (Phi) is 3.98. The van der Waals surface area contributed by atoms with Crippen LogP contribution in [0.15, 0.2) is 18.2 Å². The minimum atomic E-state index is -0.779. The predicted molar refractivity (Wildman–Crippen MR) is 66.9 cm³/mol. The van der Waals surface area contributed by atoms with Gasteiger partial charge in [0, 0.05) is 0 Å². The average molecular weight is 222 g/mol. The second-order valence-corrected chi connectivity index (χ2v) is 5.05. The van der Waals surface area contributed by atoms with E-state index in [-0.39, 0.29) is 5.92 Å². The highest BCUT2D eigenvalue weighted by atomic mass is 16.5. The molecule has 0 heterocycles. The highest BCUT2D eigenvalue weighted by Crippen LogP contribution is 2.21. The molecule has 1 rings (SSSR count). The van der Waals surface area contributed by atoms with Gasteiger partial charge in [-0.05, 0) is 49.9 Å². The zero-order valence-corrected chi connectivity index (χ0v) is 10.9. The van der Waals surface area contributed by atoms with Crippen LogP contribution in [-0.2, 0) is 0 Å². The third kappa shape index (κ3) is 3.24. The first-order valence-electron chi connectivity index (χ1n) is 5.75. The zero-order chi connectivity index (χ0) is 12.3. The minimum Gasteiger partial charge on any atom is -0.491 e. The fourth-order valence-corrected chi connectivity index (χ4v) is 1.20. The molecule has 1 unspecified atom stereocenters. The highest BCUT2D eigenvalue weighted by molar-refractivity contribution is 5.33. The first kappa shape index (κ1) is 13.0. The molecule has 0 saturated heterocycles. The van der Waals surface area contributed by atoms with Crippen LogP contribution in [0.5, 0.6) is 5.75 Å². The molecule has 1 aromatic rings. The van der Waals surface area contributed by atoms with Crippen LogP contribution in [0, 0.1) is 19.8 Å². The molecule has 1 N–H and O–H groups in total. The van der Waals surface area contributed by atoms with E-state index in [1.807, 2.05) is 32.0 Å². The summed E-state index contributed by atoms with van der Waals surface area (Å²) in [7, 11) is 0. The summed E-state index contributed by atoms with van der Waals surface area (Å²) in [4.78, 5) is 0. The van der Waals surface area contributed by atoms with Crippen LogP contribution in [0.1, 0.15) is 31.9 Å². The molecule has 0 amide bonds. The Morgan fingerprint density at radius 1 is 1.25 bits per heavy atom. The summed E-state index contributed by atoms with van der Waals surface area (Å²) in [6.07, 6.45) is 0. The summed E-state index contributed by atoms with van der Waals surface area (Å²) < 4.78 is 5.62. The van der Waals surface area contributed by atoms with E-state index in [2.05, 4.69) is 13.8 Å². The smallest absolute Gasteiger partial charge is 0.119 e. The number of rotatable bonds is 4. The van der Waals surface area contributed by atoms with Crippen molar-refractivity contribution in [2.75, 3.05) is 6.61 Å². The molecule has 1 atom stereocenters. The maximum Gasteiger partial charge on any atom is 0.119 e. The Morgan fingerprint density at radius 3 is 2.38 bits per heavy atom. The number of benzene rings is 1. The van der Waals surface area contributed by atoms with Crippen LogP contribution in [0.3, 0.4) is 0 Å². The van der Waals surface area contributed by atoms with Crippen LogP contribution in [-0.4, -0.2) is 17.3 Å². The number of aryl methyl sites for hydroxylation is 2. The van der Waals surface area contributed by atoms with Crippen LogP contribution in [0.4, 0.5) is 0 Å². The van der Waals surface area contributed by atoms with Gasteiger partial charge in [-0.15, -0.1) is 0 Å². The van der Waals surface area contributed by atoms with E-state index in [4.69, 9.17) is 4.74 Å². The predicted octanol–water partition coefficient (Wildman–Crippen LogP) is 3.09. The zero-order valence-electron chi connectivity index (χ0n) is 10.9. The van der Waals surface area contributed by atoms with Gasteiger partial charge in [-0.3, -0.25) is 0 Å². The largest absolute Gasteiger partial charge is 0.491 e. The van der Waals surface area contributed by atoms with E-state index in [0.717, 1.165) is 5.75 Å². The number of aliphatic hydroxyl groups is 1. The lowest BCUT2D eigenvalue weighted by molar-refractivity contribution is -0.0266. The second kappa shape index (κ2) is 4.88. The first-order valence-corrected chi connectivity index (χ1v) is 5.75. The summed E-state index contributed by atoms with van der Waals surface area (Å²) >= 11 is 0. The van der Waals surface area contributed by atoms with E-state index in [1.54, 1.807) is 6.92 Å². The SMILES string of the molecule is Cc1ccc(OCC(C)(O)C(C)C)cc1C. The molecule has 0 saturated carbocycles. The van der Waals surface area contributed by atoms with Crippen LogP contribution in [0.2, 0.25) is 0 Å². The molecule has 2 nitrogen and oxygen atoms in total. The van der Waals surface area contributed by atoms with Crippen molar-refractivity contribution in [3.05, 3.63) is 29.3 Å². The van der Waals surface area contributed by atoms with Crippen molar-refractivity contribution >= 4 is 0 Å². The Balaban J connectivity index is 2.65. The Hall–Kier alpha value is -1.02. The molecule has 0 radical (unpaired) electrons. The average Bonchev–Trinajstić information content (AvgIpc) is 2.20. The van der Waals surface area contributed by atoms with Gasteiger partial charge in [0.2, 0.25) is 0 Å². The van der Waals surface area contributed by atoms with Gasteiger partial charge >= 0.3 is 0 Å². The topological polar surface area (TPSA) is 29.5 Å². The van der Waals surface area contributed by atoms with Gasteiger partial charge in [-0.2, -0.15) is 0 Å². The summed E-state index contributed by atoms with van der Waals surface area (Å²) in [6, 6.07) is 5.99. The fourth-order valence-electron chi connectivity index (χ4n) is 1.20. The summed E-state index contributed by atoms with van der Waals surface area (Å²) in [5.41, 5.74) is 1.68. The van der Waals surface area contributed by atoms with Crippen molar-refractivity contribution in [3.8, 4) is 5.75 Å². The van der Waals surface area contributed by atoms with Crippen molar-refractivity contribution in [3.63, 3.8) is 0 Å². The van der Waals surface area contributed by atoms with E-state index in [0.29, 0.717) is 6.61 Å². The number of ether oxygens (including phenoxy) is 1. The normalized spacial score (nSPS) is 14.9. The minimum absolute atomic E-state index is 0.180. The lowest BCUT2D eigenvalue weighted by Crippen LogP contribution is -2.37. The van der Waals surface area contributed by atoms with E-state index in [9.17, 15) is 5.11 Å². The van der Waals surface area contributed by atoms with Crippen molar-refractivity contribution < 1.29 is 9.84 Å². The van der Waals surface area contributed by atoms with Gasteiger partial charge in [0.05, 0.1) is 5.60 Å². The van der Waals surface area contributed by atoms with Crippen LogP contribution in [0.25, 0.3) is 0 Å². The van der Waals surface area contributed by atoms with Crippen molar-refractivity contribution in [2.45, 2.75) is 40.2 Å². The molecule has 0 aliphatic carbocycles. The summed E-state index contributed by atoms with van der Waals surface area (Å²) in [5.74, 6) is 1.00. The van der Waals surface area contributed by atoms with Gasteiger partial charge in [-0.25, -0.2) is 0 Å². The third-order valence-electron chi connectivity index (χ3n) is 3.25. The van der Waals surface area contributed by atoms with Gasteiger partial charge in [0.15, 0.2) is 0 Å². The van der Waals surface area contributed by atoms with E-state index >= 15 is 0 Å². The van der Waals surface area contributed by atoms with Gasteiger partial charge < -0.3 is 9.84 Å². The van der Waals surface area contributed by atoms with Gasteiger partial charge in [-0.1, -0.05) is 19.9 Å². The Labute approximate surface area is 98.3 Å². The van der Waals surface area contributed by atoms with E-state index in [1.165, 1.54) is 11.1 Å². The Bertz CT molecular complexity index is 354. The van der Waals surface area contributed by atoms with Crippen molar-refractivity contribution in [2.24, 2.45) is 5.92 Å². The molecule has 0 fully saturated rings. The maximum atomic E-state index is 10.1. The summed E-state index contributed by atoms with van der Waals surface area (Å²) in [6.45, 7) is 10.2. The first-order chi connectivity index (χ1) is 7.33. The fraction of sp³-hybridized carbons (Fsp3) is 0.571. The number of hydrogen-bond acceptors (Lipinski definition) is 2. The molecule has 0 spiro atoms. The van der Waals surface area contributed by atoms with Gasteiger partial charge in [0.25, 0.3) is 0 Å². The maximum absolute atomic E-state index is 10.1. The molecule has 1 aromatic carbocycles. The van der Waals surface area contributed by atoms with Crippen molar-refractivity contribution in [1.82, 2.24) is 0 Å². The van der Waals surface area contributed by atoms with E-state index < -0.39 is 5.60 Å². The molecule has 0 aliphatic heterocycles. The lowest BCUT2D eigenvalue weighted by Gasteiger charge is -2.27. The molecule has 2 heteroatoms. The molecule has 0 bridgehead atoms. The second-order valence-electron chi connectivity index (χ2n) is 5.05. The molecule has 0 aliphatic rings. The van der Waals surface area contributed by atoms with Gasteiger partial charge in [0.1, 0.15) is 12.4 Å². The third-order valence-corrected chi connectivity index (χ3v) is 3.25.